The Morgan fingerprint density at radius 2 is 1.94 bits per heavy atom. The molecule has 2 aliphatic rings. The van der Waals surface area contributed by atoms with E-state index < -0.39 is 0 Å². The molecule has 5 rings (SSSR count). The normalized spacial score (nSPS) is 28.5. The summed E-state index contributed by atoms with van der Waals surface area (Å²) in [5.41, 5.74) is 3.85. The summed E-state index contributed by atoms with van der Waals surface area (Å²) in [5.74, 6) is 0.861. The van der Waals surface area contributed by atoms with Crippen LogP contribution in [0.1, 0.15) is 51.0 Å². The van der Waals surface area contributed by atoms with Gasteiger partial charge in [-0.1, -0.05) is 49.4 Å². The van der Waals surface area contributed by atoms with Crippen molar-refractivity contribution in [1.29, 1.82) is 0 Å². The molecule has 2 fully saturated rings. The molecule has 2 aliphatic heterocycles. The molecule has 0 radical (unpaired) electrons. The maximum atomic E-state index is 6.19. The minimum absolute atomic E-state index is 0.0111. The number of rotatable bonds is 7. The van der Waals surface area contributed by atoms with Gasteiger partial charge in [0, 0.05) is 38.2 Å². The predicted molar refractivity (Wildman–Crippen MR) is 131 cm³/mol. The SMILES string of the molecule is COC1(CCCNc2nc3ccccc3[nH]2)CCN2CC(C)(c3ccccc3)CCC2C1. The van der Waals surface area contributed by atoms with Crippen molar-refractivity contribution in [3.63, 3.8) is 0 Å². The zero-order valence-corrected chi connectivity index (χ0v) is 19.4. The third-order valence-corrected chi connectivity index (χ3v) is 7.95. The Bertz CT molecular complexity index is 1000. The largest absolute Gasteiger partial charge is 0.378 e. The van der Waals surface area contributed by atoms with Crippen molar-refractivity contribution in [2.75, 3.05) is 32.1 Å². The van der Waals surface area contributed by atoms with Crippen molar-refractivity contribution < 1.29 is 4.74 Å². The summed E-state index contributed by atoms with van der Waals surface area (Å²) in [4.78, 5) is 10.7. The van der Waals surface area contributed by atoms with Gasteiger partial charge in [-0.15, -0.1) is 0 Å². The summed E-state index contributed by atoms with van der Waals surface area (Å²) in [6.07, 6.45) is 6.96. The third-order valence-electron chi connectivity index (χ3n) is 7.95. The lowest BCUT2D eigenvalue weighted by Gasteiger charge is -2.52. The summed E-state index contributed by atoms with van der Waals surface area (Å²) in [6, 6.07) is 19.9. The first-order valence-corrected chi connectivity index (χ1v) is 12.1. The van der Waals surface area contributed by atoms with Crippen LogP contribution in [0.15, 0.2) is 54.6 Å². The van der Waals surface area contributed by atoms with Gasteiger partial charge < -0.3 is 15.0 Å². The van der Waals surface area contributed by atoms with E-state index in [4.69, 9.17) is 4.74 Å². The first kappa shape index (κ1) is 21.5. The molecule has 0 spiro atoms. The van der Waals surface area contributed by atoms with Gasteiger partial charge in [0.25, 0.3) is 0 Å². The van der Waals surface area contributed by atoms with Crippen LogP contribution < -0.4 is 5.32 Å². The van der Waals surface area contributed by atoms with Crippen LogP contribution in [0.4, 0.5) is 5.95 Å². The first-order valence-electron chi connectivity index (χ1n) is 12.1. The smallest absolute Gasteiger partial charge is 0.201 e. The quantitative estimate of drug-likeness (QED) is 0.494. The summed E-state index contributed by atoms with van der Waals surface area (Å²) < 4.78 is 6.19. The maximum absolute atomic E-state index is 6.19. The number of aromatic nitrogens is 2. The summed E-state index contributed by atoms with van der Waals surface area (Å²) in [6.45, 7) is 5.65. The number of piperidine rings is 2. The van der Waals surface area contributed by atoms with Crippen molar-refractivity contribution in [2.45, 2.75) is 62.5 Å². The van der Waals surface area contributed by atoms with E-state index in [0.29, 0.717) is 6.04 Å². The van der Waals surface area contributed by atoms with Gasteiger partial charge in [0.2, 0.25) is 5.95 Å². The van der Waals surface area contributed by atoms with Gasteiger partial charge in [-0.25, -0.2) is 4.98 Å². The second kappa shape index (κ2) is 8.87. The van der Waals surface area contributed by atoms with Crippen LogP contribution in [0, 0.1) is 0 Å². The minimum atomic E-state index is 0.0111. The molecule has 3 unspecified atom stereocenters. The van der Waals surface area contributed by atoms with Gasteiger partial charge >= 0.3 is 0 Å². The highest BCUT2D eigenvalue weighted by Crippen LogP contribution is 2.43. The van der Waals surface area contributed by atoms with E-state index in [9.17, 15) is 0 Å². The standard InChI is InChI=1S/C27H36N4O/c1-26(21-9-4-3-5-10-21)15-13-22-19-27(32-2,16-18-31(22)20-26)14-8-17-28-25-29-23-11-6-7-12-24(23)30-25/h3-7,9-12,22H,8,13-20H2,1-2H3,(H2,28,29,30). The number of nitrogens with zero attached hydrogens (tertiary/aromatic N) is 2. The van der Waals surface area contributed by atoms with E-state index >= 15 is 0 Å². The van der Waals surface area contributed by atoms with Gasteiger partial charge in [-0.05, 0) is 56.2 Å². The number of H-pyrrole nitrogens is 1. The molecule has 3 heterocycles. The Hall–Kier alpha value is -2.37. The maximum Gasteiger partial charge on any atom is 0.201 e. The van der Waals surface area contributed by atoms with E-state index in [1.165, 1.54) is 18.4 Å². The van der Waals surface area contributed by atoms with Crippen molar-refractivity contribution in [3.05, 3.63) is 60.2 Å². The van der Waals surface area contributed by atoms with Gasteiger partial charge in [-0.3, -0.25) is 4.90 Å². The molecule has 5 heteroatoms. The lowest BCUT2D eigenvalue weighted by Crippen LogP contribution is -2.57. The van der Waals surface area contributed by atoms with Crippen molar-refractivity contribution >= 4 is 17.0 Å². The van der Waals surface area contributed by atoms with Crippen LogP contribution in [-0.4, -0.2) is 53.3 Å². The summed E-state index contributed by atoms with van der Waals surface area (Å²) >= 11 is 0. The predicted octanol–water partition coefficient (Wildman–Crippen LogP) is 5.36. The molecule has 2 N–H and O–H groups in total. The highest BCUT2D eigenvalue weighted by Gasteiger charge is 2.45. The van der Waals surface area contributed by atoms with Crippen LogP contribution >= 0.6 is 0 Å². The Morgan fingerprint density at radius 1 is 1.12 bits per heavy atom. The lowest BCUT2D eigenvalue weighted by molar-refractivity contribution is -0.0960. The molecular formula is C27H36N4O. The molecule has 0 aliphatic carbocycles. The minimum Gasteiger partial charge on any atom is -0.378 e. The number of hydrogen-bond donors (Lipinski definition) is 2. The molecule has 2 aromatic carbocycles. The monoisotopic (exact) mass is 432 g/mol. The number of benzene rings is 2. The van der Waals surface area contributed by atoms with Crippen LogP contribution in [0.5, 0.6) is 0 Å². The molecular weight excluding hydrogens is 396 g/mol. The molecule has 32 heavy (non-hydrogen) atoms. The average molecular weight is 433 g/mol. The number of aromatic amines is 1. The van der Waals surface area contributed by atoms with E-state index in [1.807, 2.05) is 25.3 Å². The Morgan fingerprint density at radius 3 is 2.75 bits per heavy atom. The highest BCUT2D eigenvalue weighted by atomic mass is 16.5. The Balaban J connectivity index is 1.15. The Labute approximate surface area is 191 Å². The number of nitrogens with one attached hydrogen (secondary N) is 2. The van der Waals surface area contributed by atoms with Crippen LogP contribution in [-0.2, 0) is 10.2 Å². The lowest BCUT2D eigenvalue weighted by atomic mass is 9.70. The van der Waals surface area contributed by atoms with Gasteiger partial charge in [0.1, 0.15) is 0 Å². The van der Waals surface area contributed by atoms with E-state index in [1.54, 1.807) is 0 Å². The zero-order valence-electron chi connectivity index (χ0n) is 19.4. The molecule has 170 valence electrons. The van der Waals surface area contributed by atoms with E-state index in [0.717, 1.165) is 62.3 Å². The Kier molecular flexibility index (Phi) is 5.95. The molecule has 2 saturated heterocycles. The van der Waals surface area contributed by atoms with Crippen molar-refractivity contribution in [1.82, 2.24) is 14.9 Å². The first-order chi connectivity index (χ1) is 15.6. The molecule has 1 aromatic heterocycles. The summed E-state index contributed by atoms with van der Waals surface area (Å²) in [7, 11) is 1.92. The zero-order chi connectivity index (χ0) is 22.0. The molecule has 5 nitrogen and oxygen atoms in total. The average Bonchev–Trinajstić information content (AvgIpc) is 3.25. The van der Waals surface area contributed by atoms with E-state index in [2.05, 4.69) is 63.5 Å². The van der Waals surface area contributed by atoms with Crippen molar-refractivity contribution in [3.8, 4) is 0 Å². The topological polar surface area (TPSA) is 53.2 Å². The summed E-state index contributed by atoms with van der Waals surface area (Å²) in [5, 5.41) is 3.47. The van der Waals surface area contributed by atoms with Crippen LogP contribution in [0.2, 0.25) is 0 Å². The molecule has 0 amide bonds. The molecule has 3 aromatic rings. The fourth-order valence-corrected chi connectivity index (χ4v) is 5.94. The highest BCUT2D eigenvalue weighted by molar-refractivity contribution is 5.77. The number of methoxy groups -OCH3 is 1. The number of imidazole rings is 1. The third kappa shape index (κ3) is 4.28. The second-order valence-electron chi connectivity index (χ2n) is 10.1. The molecule has 0 saturated carbocycles. The van der Waals surface area contributed by atoms with Crippen LogP contribution in [0.3, 0.4) is 0 Å². The number of hydrogen-bond acceptors (Lipinski definition) is 4. The van der Waals surface area contributed by atoms with Crippen molar-refractivity contribution in [2.24, 2.45) is 0 Å². The van der Waals surface area contributed by atoms with Gasteiger partial charge in [0.15, 0.2) is 0 Å². The second-order valence-corrected chi connectivity index (χ2v) is 10.1. The molecule has 3 atom stereocenters. The van der Waals surface area contributed by atoms with Gasteiger partial charge in [0.05, 0.1) is 16.6 Å². The van der Waals surface area contributed by atoms with Crippen LogP contribution in [0.25, 0.3) is 11.0 Å². The van der Waals surface area contributed by atoms with Gasteiger partial charge in [-0.2, -0.15) is 0 Å². The fraction of sp³-hybridized carbons (Fsp3) is 0.519. The number of fused-ring (bicyclic) bond motifs is 2. The molecule has 0 bridgehead atoms. The number of anilines is 1. The number of ether oxygens (including phenoxy) is 1. The van der Waals surface area contributed by atoms with E-state index in [-0.39, 0.29) is 11.0 Å². The fourth-order valence-electron chi connectivity index (χ4n) is 5.94. The number of para-hydroxylation sites is 2.